The molecule has 1 aromatic carbocycles. The van der Waals surface area contributed by atoms with Gasteiger partial charge in [0, 0.05) is 18.3 Å². The smallest absolute Gasteiger partial charge is 0.227 e. The maximum atomic E-state index is 13.2. The Morgan fingerprint density at radius 1 is 1.24 bits per heavy atom. The Balaban J connectivity index is 1.66. The first-order chi connectivity index (χ1) is 13.9. The summed E-state index contributed by atoms with van der Waals surface area (Å²) < 4.78 is 18.7. The van der Waals surface area contributed by atoms with Gasteiger partial charge in [-0.25, -0.2) is 14.4 Å². The molecule has 1 fully saturated rings. The van der Waals surface area contributed by atoms with E-state index in [2.05, 4.69) is 10.1 Å². The normalized spacial score (nSPS) is 16.4. The number of carbonyl (C=O) groups excluding carboxylic acids is 1. The van der Waals surface area contributed by atoms with Gasteiger partial charge in [-0.1, -0.05) is 17.3 Å². The highest BCUT2D eigenvalue weighted by molar-refractivity contribution is 5.80. The van der Waals surface area contributed by atoms with Crippen LogP contribution in [0.1, 0.15) is 47.2 Å². The van der Waals surface area contributed by atoms with Crippen molar-refractivity contribution in [2.45, 2.75) is 46.1 Å². The SMILES string of the molecule is Cc1ncc(-c2onc(C)c2C)c(C2CCCN2C(=O)Cc2ccc(F)cc2)n1. The van der Waals surface area contributed by atoms with Gasteiger partial charge in [-0.15, -0.1) is 0 Å². The zero-order valence-corrected chi connectivity index (χ0v) is 16.8. The lowest BCUT2D eigenvalue weighted by atomic mass is 10.0. The van der Waals surface area contributed by atoms with E-state index in [1.54, 1.807) is 18.3 Å². The van der Waals surface area contributed by atoms with Crippen molar-refractivity contribution < 1.29 is 13.7 Å². The summed E-state index contributed by atoms with van der Waals surface area (Å²) >= 11 is 0. The Morgan fingerprint density at radius 2 is 2.00 bits per heavy atom. The van der Waals surface area contributed by atoms with Gasteiger partial charge in [0.25, 0.3) is 0 Å². The number of likely N-dealkylation sites (tertiary alicyclic amines) is 1. The van der Waals surface area contributed by atoms with Crippen LogP contribution in [0, 0.1) is 26.6 Å². The molecule has 1 amide bonds. The Morgan fingerprint density at radius 3 is 2.69 bits per heavy atom. The minimum absolute atomic E-state index is 0.00629. The predicted octanol–water partition coefficient (Wildman–Crippen LogP) is 4.10. The van der Waals surface area contributed by atoms with Crippen molar-refractivity contribution >= 4 is 5.91 Å². The van der Waals surface area contributed by atoms with Crippen LogP contribution >= 0.6 is 0 Å². The van der Waals surface area contributed by atoms with Crippen LogP contribution in [0.3, 0.4) is 0 Å². The molecule has 1 unspecified atom stereocenters. The van der Waals surface area contributed by atoms with Gasteiger partial charge in [0.1, 0.15) is 11.6 Å². The van der Waals surface area contributed by atoms with Gasteiger partial charge in [-0.05, 0) is 51.3 Å². The summed E-state index contributed by atoms with van der Waals surface area (Å²) in [5, 5.41) is 4.06. The molecule has 150 valence electrons. The van der Waals surface area contributed by atoms with Gasteiger partial charge in [0.15, 0.2) is 5.76 Å². The first-order valence-electron chi connectivity index (χ1n) is 9.74. The fourth-order valence-electron chi connectivity index (χ4n) is 3.81. The van der Waals surface area contributed by atoms with Crippen LogP contribution in [0.15, 0.2) is 35.0 Å². The summed E-state index contributed by atoms with van der Waals surface area (Å²) in [5.41, 5.74) is 4.13. The number of aromatic nitrogens is 3. The minimum Gasteiger partial charge on any atom is -0.356 e. The quantitative estimate of drug-likeness (QED) is 0.666. The van der Waals surface area contributed by atoms with E-state index >= 15 is 0 Å². The molecule has 2 aromatic heterocycles. The third-order valence-electron chi connectivity index (χ3n) is 5.50. The first kappa shape index (κ1) is 19.2. The molecule has 1 aliphatic rings. The number of hydrogen-bond donors (Lipinski definition) is 0. The van der Waals surface area contributed by atoms with Gasteiger partial charge >= 0.3 is 0 Å². The van der Waals surface area contributed by atoms with Crippen LogP contribution in [0.4, 0.5) is 4.39 Å². The maximum Gasteiger partial charge on any atom is 0.227 e. The van der Waals surface area contributed by atoms with Crippen molar-refractivity contribution in [1.82, 2.24) is 20.0 Å². The van der Waals surface area contributed by atoms with Crippen LogP contribution in [0.25, 0.3) is 11.3 Å². The minimum atomic E-state index is -0.306. The second kappa shape index (κ2) is 7.73. The number of nitrogens with zero attached hydrogens (tertiary/aromatic N) is 4. The van der Waals surface area contributed by atoms with Crippen molar-refractivity contribution in [2.75, 3.05) is 6.54 Å². The average molecular weight is 394 g/mol. The van der Waals surface area contributed by atoms with Crippen LogP contribution < -0.4 is 0 Å². The van der Waals surface area contributed by atoms with Gasteiger partial charge < -0.3 is 9.42 Å². The topological polar surface area (TPSA) is 72.1 Å². The molecule has 4 rings (SSSR count). The standard InChI is InChI=1S/C22H23FN4O2/c1-13-14(2)26-29-22(13)18-12-24-15(3)25-21(18)19-5-4-10-27(19)20(28)11-16-6-8-17(23)9-7-16/h6-9,12,19H,4-5,10-11H2,1-3H3. The third kappa shape index (κ3) is 3.77. The molecule has 0 saturated carbocycles. The number of amides is 1. The van der Waals surface area contributed by atoms with E-state index in [9.17, 15) is 9.18 Å². The zero-order chi connectivity index (χ0) is 20.5. The fourth-order valence-corrected chi connectivity index (χ4v) is 3.81. The van der Waals surface area contributed by atoms with Gasteiger partial charge in [-0.3, -0.25) is 4.79 Å². The molecule has 0 radical (unpaired) electrons. The third-order valence-corrected chi connectivity index (χ3v) is 5.50. The highest BCUT2D eigenvalue weighted by Gasteiger charge is 2.34. The Hall–Kier alpha value is -3.09. The molecular formula is C22H23FN4O2. The molecule has 0 N–H and O–H groups in total. The Kier molecular flexibility index (Phi) is 5.13. The highest BCUT2D eigenvalue weighted by Crippen LogP contribution is 2.38. The molecule has 1 aliphatic heterocycles. The van der Waals surface area contributed by atoms with Gasteiger partial charge in [-0.2, -0.15) is 0 Å². The van der Waals surface area contributed by atoms with E-state index in [4.69, 9.17) is 9.51 Å². The number of hydrogen-bond acceptors (Lipinski definition) is 5. The van der Waals surface area contributed by atoms with Gasteiger partial charge in [0.05, 0.1) is 29.4 Å². The molecule has 1 saturated heterocycles. The second-order valence-corrected chi connectivity index (χ2v) is 7.49. The van der Waals surface area contributed by atoms with Crippen molar-refractivity contribution in [1.29, 1.82) is 0 Å². The van der Waals surface area contributed by atoms with E-state index in [0.29, 0.717) is 18.1 Å². The highest BCUT2D eigenvalue weighted by atomic mass is 19.1. The fraction of sp³-hybridized carbons (Fsp3) is 0.364. The summed E-state index contributed by atoms with van der Waals surface area (Å²) in [6, 6.07) is 5.92. The van der Waals surface area contributed by atoms with E-state index in [1.165, 1.54) is 12.1 Å². The molecule has 0 spiro atoms. The number of carbonyl (C=O) groups is 1. The lowest BCUT2D eigenvalue weighted by Crippen LogP contribution is -2.32. The molecule has 1 atom stereocenters. The van der Waals surface area contributed by atoms with Crippen molar-refractivity contribution in [3.8, 4) is 11.3 Å². The van der Waals surface area contributed by atoms with Crippen LogP contribution in [-0.2, 0) is 11.2 Å². The van der Waals surface area contributed by atoms with E-state index in [0.717, 1.165) is 40.9 Å². The van der Waals surface area contributed by atoms with Crippen LogP contribution in [0.2, 0.25) is 0 Å². The summed E-state index contributed by atoms with van der Waals surface area (Å²) in [4.78, 5) is 23.9. The monoisotopic (exact) mass is 394 g/mol. The van der Waals surface area contributed by atoms with Crippen molar-refractivity contribution in [2.24, 2.45) is 0 Å². The lowest BCUT2D eigenvalue weighted by Gasteiger charge is -2.26. The second-order valence-electron chi connectivity index (χ2n) is 7.49. The zero-order valence-electron chi connectivity index (χ0n) is 16.8. The number of rotatable bonds is 4. The Bertz CT molecular complexity index is 1050. The summed E-state index contributed by atoms with van der Waals surface area (Å²) in [6.45, 7) is 6.36. The molecule has 29 heavy (non-hydrogen) atoms. The van der Waals surface area contributed by atoms with E-state index in [1.807, 2.05) is 25.7 Å². The van der Waals surface area contributed by atoms with Gasteiger partial charge in [0.2, 0.25) is 5.91 Å². The maximum absolute atomic E-state index is 13.2. The van der Waals surface area contributed by atoms with Crippen molar-refractivity contribution in [3.63, 3.8) is 0 Å². The lowest BCUT2D eigenvalue weighted by molar-refractivity contribution is -0.131. The van der Waals surface area contributed by atoms with Crippen LogP contribution in [-0.4, -0.2) is 32.5 Å². The molecule has 6 nitrogen and oxygen atoms in total. The molecule has 3 aromatic rings. The molecule has 0 aliphatic carbocycles. The van der Waals surface area contributed by atoms with E-state index in [-0.39, 0.29) is 24.2 Å². The summed E-state index contributed by atoms with van der Waals surface area (Å²) in [6.07, 6.45) is 3.71. The Labute approximate surface area is 168 Å². The molecule has 7 heteroatoms. The van der Waals surface area contributed by atoms with Crippen LogP contribution in [0.5, 0.6) is 0 Å². The number of halogens is 1. The summed E-state index contributed by atoms with van der Waals surface area (Å²) in [7, 11) is 0. The largest absolute Gasteiger partial charge is 0.356 e. The number of benzene rings is 1. The first-order valence-corrected chi connectivity index (χ1v) is 9.74. The molecule has 0 bridgehead atoms. The molecule has 3 heterocycles. The van der Waals surface area contributed by atoms with Crippen molar-refractivity contribution in [3.05, 3.63) is 64.6 Å². The summed E-state index contributed by atoms with van der Waals surface area (Å²) in [5.74, 6) is 0.997. The predicted molar refractivity (Wildman–Crippen MR) is 106 cm³/mol. The number of aryl methyl sites for hydroxylation is 2. The van der Waals surface area contributed by atoms with E-state index < -0.39 is 0 Å². The molecular weight excluding hydrogens is 371 g/mol. The average Bonchev–Trinajstić information content (AvgIpc) is 3.31.